The Kier molecular flexibility index (Phi) is 4.05. The van der Waals surface area contributed by atoms with Crippen LogP contribution in [0.15, 0.2) is 11.2 Å². The van der Waals surface area contributed by atoms with Gasteiger partial charge >= 0.3 is 0 Å². The van der Waals surface area contributed by atoms with Gasteiger partial charge in [0, 0.05) is 5.56 Å². The lowest BCUT2D eigenvalue weighted by Crippen LogP contribution is -1.95. The Labute approximate surface area is 97.0 Å². The van der Waals surface area contributed by atoms with Crippen molar-refractivity contribution in [2.24, 2.45) is 5.16 Å². The van der Waals surface area contributed by atoms with Crippen molar-refractivity contribution in [3.05, 3.63) is 21.7 Å². The number of methoxy groups -OCH3 is 2. The van der Waals surface area contributed by atoms with Gasteiger partial charge in [-0.15, -0.1) is 0 Å². The Hall–Kier alpha value is -1.13. The van der Waals surface area contributed by atoms with E-state index in [1.165, 1.54) is 26.5 Å². The van der Waals surface area contributed by atoms with E-state index in [-0.39, 0.29) is 5.02 Å². The fourth-order valence-electron chi connectivity index (χ4n) is 1.15. The second-order valence-electron chi connectivity index (χ2n) is 2.57. The van der Waals surface area contributed by atoms with Crippen molar-refractivity contribution < 1.29 is 14.7 Å². The van der Waals surface area contributed by atoms with E-state index in [0.29, 0.717) is 22.1 Å². The average molecular weight is 250 g/mol. The number of halogens is 2. The van der Waals surface area contributed by atoms with Crippen molar-refractivity contribution in [3.8, 4) is 11.5 Å². The zero-order valence-electron chi connectivity index (χ0n) is 8.12. The first kappa shape index (κ1) is 11.9. The van der Waals surface area contributed by atoms with Crippen molar-refractivity contribution in [1.82, 2.24) is 0 Å². The van der Waals surface area contributed by atoms with Gasteiger partial charge in [0.2, 0.25) is 0 Å². The van der Waals surface area contributed by atoms with Gasteiger partial charge in [-0.05, 0) is 6.07 Å². The van der Waals surface area contributed by atoms with Crippen molar-refractivity contribution in [3.63, 3.8) is 0 Å². The topological polar surface area (TPSA) is 51.0 Å². The van der Waals surface area contributed by atoms with Gasteiger partial charge in [-0.25, -0.2) is 0 Å². The van der Waals surface area contributed by atoms with E-state index in [0.717, 1.165) is 0 Å². The molecule has 0 spiro atoms. The molecule has 0 fully saturated rings. The summed E-state index contributed by atoms with van der Waals surface area (Å²) >= 11 is 11.9. The first-order chi connectivity index (χ1) is 7.15. The molecule has 15 heavy (non-hydrogen) atoms. The summed E-state index contributed by atoms with van der Waals surface area (Å²) in [5.41, 5.74) is 0.468. The number of oxime groups is 1. The van der Waals surface area contributed by atoms with E-state index in [1.807, 2.05) is 0 Å². The van der Waals surface area contributed by atoms with Crippen LogP contribution in [-0.4, -0.2) is 25.6 Å². The van der Waals surface area contributed by atoms with Crippen molar-refractivity contribution in [1.29, 1.82) is 0 Å². The highest BCUT2D eigenvalue weighted by Gasteiger charge is 2.16. The number of benzene rings is 1. The molecule has 0 bridgehead atoms. The molecule has 0 saturated heterocycles. The minimum Gasteiger partial charge on any atom is -0.494 e. The summed E-state index contributed by atoms with van der Waals surface area (Å²) in [6, 6.07) is 1.53. The maximum absolute atomic E-state index is 8.44. The minimum absolute atomic E-state index is 0.238. The van der Waals surface area contributed by atoms with Crippen molar-refractivity contribution >= 4 is 29.4 Å². The maximum atomic E-state index is 8.44. The second-order valence-corrected chi connectivity index (χ2v) is 3.36. The molecule has 0 amide bonds. The van der Waals surface area contributed by atoms with Gasteiger partial charge < -0.3 is 14.7 Å². The number of hydrogen-bond acceptors (Lipinski definition) is 4. The Morgan fingerprint density at radius 1 is 1.27 bits per heavy atom. The van der Waals surface area contributed by atoms with Crippen LogP contribution < -0.4 is 9.47 Å². The highest BCUT2D eigenvalue weighted by molar-refractivity contribution is 6.38. The molecule has 1 N–H and O–H groups in total. The monoisotopic (exact) mass is 249 g/mol. The van der Waals surface area contributed by atoms with Crippen LogP contribution in [0.2, 0.25) is 10.0 Å². The zero-order chi connectivity index (χ0) is 11.4. The molecule has 0 aromatic heterocycles. The predicted molar refractivity (Wildman–Crippen MR) is 58.9 cm³/mol. The Bertz CT molecular complexity index is 393. The fourth-order valence-corrected chi connectivity index (χ4v) is 1.86. The van der Waals surface area contributed by atoms with Crippen LogP contribution >= 0.6 is 23.2 Å². The zero-order valence-corrected chi connectivity index (χ0v) is 9.63. The summed E-state index contributed by atoms with van der Waals surface area (Å²) in [6.07, 6.45) is 1.18. The van der Waals surface area contributed by atoms with Crippen LogP contribution in [0.1, 0.15) is 5.56 Å². The highest BCUT2D eigenvalue weighted by atomic mass is 35.5. The predicted octanol–water partition coefficient (Wildman–Crippen LogP) is 2.82. The van der Waals surface area contributed by atoms with Gasteiger partial charge in [-0.3, -0.25) is 0 Å². The van der Waals surface area contributed by atoms with Crippen LogP contribution in [0.3, 0.4) is 0 Å². The highest BCUT2D eigenvalue weighted by Crippen LogP contribution is 2.41. The summed E-state index contributed by atoms with van der Waals surface area (Å²) in [5.74, 6) is 0.668. The van der Waals surface area contributed by atoms with Crippen LogP contribution in [0.25, 0.3) is 0 Å². The van der Waals surface area contributed by atoms with E-state index in [4.69, 9.17) is 37.9 Å². The van der Waals surface area contributed by atoms with Gasteiger partial charge in [0.05, 0.1) is 25.5 Å². The van der Waals surface area contributed by atoms with E-state index in [9.17, 15) is 0 Å². The molecule has 6 heteroatoms. The van der Waals surface area contributed by atoms with Crippen LogP contribution in [-0.2, 0) is 0 Å². The molecule has 0 saturated carbocycles. The first-order valence-corrected chi connectivity index (χ1v) is 4.68. The smallest absolute Gasteiger partial charge is 0.159 e. The largest absolute Gasteiger partial charge is 0.494 e. The third-order valence-corrected chi connectivity index (χ3v) is 2.39. The Balaban J connectivity index is 3.44. The lowest BCUT2D eigenvalue weighted by atomic mass is 10.2. The van der Waals surface area contributed by atoms with E-state index in [1.54, 1.807) is 0 Å². The van der Waals surface area contributed by atoms with Gasteiger partial charge in [0.15, 0.2) is 5.75 Å². The molecule has 1 aromatic carbocycles. The third kappa shape index (κ3) is 2.27. The fraction of sp³-hybridized carbons (Fsp3) is 0.222. The summed E-state index contributed by atoms with van der Waals surface area (Å²) in [6.45, 7) is 0. The maximum Gasteiger partial charge on any atom is 0.159 e. The molecule has 82 valence electrons. The molecule has 4 nitrogen and oxygen atoms in total. The quantitative estimate of drug-likeness (QED) is 0.509. The van der Waals surface area contributed by atoms with Crippen LogP contribution in [0, 0.1) is 0 Å². The van der Waals surface area contributed by atoms with Crippen molar-refractivity contribution in [2.75, 3.05) is 14.2 Å². The summed E-state index contributed by atoms with van der Waals surface area (Å²) < 4.78 is 10.1. The number of rotatable bonds is 3. The van der Waals surface area contributed by atoms with Gasteiger partial charge in [0.1, 0.15) is 10.8 Å². The van der Waals surface area contributed by atoms with Gasteiger partial charge in [-0.2, -0.15) is 0 Å². The van der Waals surface area contributed by atoms with Gasteiger partial charge in [0.25, 0.3) is 0 Å². The molecular weight excluding hydrogens is 241 g/mol. The van der Waals surface area contributed by atoms with E-state index < -0.39 is 0 Å². The SMILES string of the molecule is COc1c(Cl)cc(/C=N\O)c(OC)c1Cl. The number of hydrogen-bond donors (Lipinski definition) is 1. The molecule has 0 atom stereocenters. The van der Waals surface area contributed by atoms with Crippen molar-refractivity contribution in [2.45, 2.75) is 0 Å². The number of nitrogens with zero attached hydrogens (tertiary/aromatic N) is 1. The minimum atomic E-state index is 0.238. The Morgan fingerprint density at radius 3 is 2.33 bits per heavy atom. The van der Waals surface area contributed by atoms with E-state index >= 15 is 0 Å². The second kappa shape index (κ2) is 5.09. The van der Waals surface area contributed by atoms with Crippen LogP contribution in [0.4, 0.5) is 0 Å². The molecule has 0 aliphatic rings. The average Bonchev–Trinajstić information content (AvgIpc) is 2.19. The lowest BCUT2D eigenvalue weighted by molar-refractivity contribution is 0.321. The van der Waals surface area contributed by atoms with E-state index in [2.05, 4.69) is 5.16 Å². The number of ether oxygens (including phenoxy) is 2. The molecule has 0 aliphatic heterocycles. The first-order valence-electron chi connectivity index (χ1n) is 3.93. The molecule has 1 rings (SSSR count). The third-order valence-electron chi connectivity index (χ3n) is 1.77. The summed E-state index contributed by atoms with van der Waals surface area (Å²) in [4.78, 5) is 0. The Morgan fingerprint density at radius 2 is 1.87 bits per heavy atom. The van der Waals surface area contributed by atoms with Gasteiger partial charge in [-0.1, -0.05) is 28.4 Å². The van der Waals surface area contributed by atoms with Crippen LogP contribution in [0.5, 0.6) is 11.5 Å². The molecular formula is C9H9Cl2NO3. The molecule has 1 aromatic rings. The molecule has 0 aliphatic carbocycles. The standard InChI is InChI=1S/C9H9Cl2NO3/c1-14-8-5(4-12-13)3-6(10)9(15-2)7(8)11/h3-4,13H,1-2H3/b12-4-. The molecule has 0 unspecified atom stereocenters. The molecule has 0 heterocycles. The summed E-state index contributed by atoms with van der Waals surface area (Å²) in [5, 5.41) is 11.9. The molecule has 0 radical (unpaired) electrons. The normalized spacial score (nSPS) is 10.7. The lowest BCUT2D eigenvalue weighted by Gasteiger charge is -2.11. The summed E-state index contributed by atoms with van der Waals surface area (Å²) in [7, 11) is 2.90.